The second-order valence-electron chi connectivity index (χ2n) is 4.89. The number of carbonyl (C=O) groups excluding carboxylic acids is 2. The molecule has 0 saturated heterocycles. The molecule has 0 fully saturated rings. The molecule has 5 heteroatoms. The maximum Gasteiger partial charge on any atom is 0.355 e. The Balaban J connectivity index is 3.21. The Bertz CT molecular complexity index is 537. The van der Waals surface area contributed by atoms with E-state index in [9.17, 15) is 9.59 Å². The zero-order valence-corrected chi connectivity index (χ0v) is 14.1. The Morgan fingerprint density at radius 1 is 0.957 bits per heavy atom. The third-order valence-corrected chi connectivity index (χ3v) is 3.13. The standard InChI is InChI=1S/C18H25NO4/c1-4-7-13-15(17(20)22-5-2)16(18(21)23-6-3)19-14-11-9-8-10-12-14/h8-12,19H,4-7,13H2,1-3H3/b16-15-. The first-order chi connectivity index (χ1) is 11.1. The number of hydrogen-bond acceptors (Lipinski definition) is 5. The number of rotatable bonds is 9. The minimum absolute atomic E-state index is 0.157. The number of ether oxygens (including phenoxy) is 2. The molecule has 0 saturated carbocycles. The van der Waals surface area contributed by atoms with Crippen LogP contribution in [-0.4, -0.2) is 25.2 Å². The van der Waals surface area contributed by atoms with Crippen molar-refractivity contribution in [3.05, 3.63) is 41.6 Å². The molecule has 0 aromatic heterocycles. The maximum atomic E-state index is 12.3. The monoisotopic (exact) mass is 319 g/mol. The molecule has 0 atom stereocenters. The second-order valence-corrected chi connectivity index (χ2v) is 4.89. The normalized spacial score (nSPS) is 11.4. The Kier molecular flexibility index (Phi) is 8.50. The number of hydrogen-bond donors (Lipinski definition) is 1. The first-order valence-corrected chi connectivity index (χ1v) is 8.03. The van der Waals surface area contributed by atoms with Gasteiger partial charge < -0.3 is 14.8 Å². The van der Waals surface area contributed by atoms with E-state index in [0.29, 0.717) is 17.7 Å². The van der Waals surface area contributed by atoms with Crippen molar-refractivity contribution in [1.29, 1.82) is 0 Å². The summed E-state index contributed by atoms with van der Waals surface area (Å²) in [6, 6.07) is 9.22. The van der Waals surface area contributed by atoms with E-state index in [1.807, 2.05) is 37.3 Å². The molecule has 1 N–H and O–H groups in total. The molecular weight excluding hydrogens is 294 g/mol. The van der Waals surface area contributed by atoms with Crippen molar-refractivity contribution >= 4 is 17.6 Å². The van der Waals surface area contributed by atoms with Crippen molar-refractivity contribution < 1.29 is 19.1 Å². The summed E-state index contributed by atoms with van der Waals surface area (Å²) in [7, 11) is 0. The van der Waals surface area contributed by atoms with Gasteiger partial charge in [0.15, 0.2) is 0 Å². The fraction of sp³-hybridized carbons (Fsp3) is 0.444. The summed E-state index contributed by atoms with van der Waals surface area (Å²) < 4.78 is 10.2. The van der Waals surface area contributed by atoms with Gasteiger partial charge in [0.2, 0.25) is 0 Å². The van der Waals surface area contributed by atoms with Crippen LogP contribution < -0.4 is 5.32 Å². The topological polar surface area (TPSA) is 64.6 Å². The van der Waals surface area contributed by atoms with Crippen LogP contribution in [0.5, 0.6) is 0 Å². The second kappa shape index (κ2) is 10.4. The first-order valence-electron chi connectivity index (χ1n) is 8.03. The highest BCUT2D eigenvalue weighted by Gasteiger charge is 2.23. The lowest BCUT2D eigenvalue weighted by atomic mass is 10.1. The number of para-hydroxylation sites is 1. The molecule has 0 spiro atoms. The van der Waals surface area contributed by atoms with Crippen molar-refractivity contribution in [2.75, 3.05) is 18.5 Å². The van der Waals surface area contributed by atoms with E-state index in [4.69, 9.17) is 9.47 Å². The van der Waals surface area contributed by atoms with Gasteiger partial charge in [0.05, 0.1) is 18.8 Å². The van der Waals surface area contributed by atoms with E-state index in [0.717, 1.165) is 12.8 Å². The van der Waals surface area contributed by atoms with Crippen LogP contribution in [0.4, 0.5) is 5.69 Å². The zero-order chi connectivity index (χ0) is 17.1. The number of esters is 2. The third kappa shape index (κ3) is 6.14. The Hall–Kier alpha value is -2.30. The van der Waals surface area contributed by atoms with Crippen LogP contribution in [-0.2, 0) is 19.1 Å². The molecule has 126 valence electrons. The van der Waals surface area contributed by atoms with Gasteiger partial charge in [-0.2, -0.15) is 0 Å². The summed E-state index contributed by atoms with van der Waals surface area (Å²) >= 11 is 0. The van der Waals surface area contributed by atoms with E-state index < -0.39 is 11.9 Å². The van der Waals surface area contributed by atoms with Crippen molar-refractivity contribution in [2.24, 2.45) is 0 Å². The van der Waals surface area contributed by atoms with Crippen LogP contribution in [0.25, 0.3) is 0 Å². The average molecular weight is 319 g/mol. The quantitative estimate of drug-likeness (QED) is 0.556. The van der Waals surface area contributed by atoms with Crippen LogP contribution >= 0.6 is 0 Å². The predicted molar refractivity (Wildman–Crippen MR) is 89.9 cm³/mol. The van der Waals surface area contributed by atoms with Crippen LogP contribution in [0.2, 0.25) is 0 Å². The largest absolute Gasteiger partial charge is 0.463 e. The van der Waals surface area contributed by atoms with Gasteiger partial charge in [0.1, 0.15) is 5.70 Å². The minimum Gasteiger partial charge on any atom is -0.463 e. The van der Waals surface area contributed by atoms with E-state index in [1.54, 1.807) is 13.8 Å². The molecule has 0 bridgehead atoms. The molecule has 0 heterocycles. The maximum absolute atomic E-state index is 12.3. The molecule has 0 amide bonds. The van der Waals surface area contributed by atoms with Crippen molar-refractivity contribution in [2.45, 2.75) is 40.0 Å². The molecule has 1 rings (SSSR count). The Morgan fingerprint density at radius 2 is 1.57 bits per heavy atom. The van der Waals surface area contributed by atoms with Gasteiger partial charge in [0.25, 0.3) is 0 Å². The number of unbranched alkanes of at least 4 members (excludes halogenated alkanes) is 1. The SMILES string of the molecule is CCCC/C(C(=O)OCC)=C(/Nc1ccccc1)C(=O)OCC. The summed E-state index contributed by atoms with van der Waals surface area (Å²) in [6.45, 7) is 5.99. The number of anilines is 1. The van der Waals surface area contributed by atoms with Gasteiger partial charge in [-0.15, -0.1) is 0 Å². The van der Waals surface area contributed by atoms with E-state index >= 15 is 0 Å². The molecule has 1 aromatic carbocycles. The molecular formula is C18H25NO4. The first kappa shape index (κ1) is 18.7. The summed E-state index contributed by atoms with van der Waals surface area (Å²) in [6.07, 6.45) is 2.15. The minimum atomic E-state index is -0.546. The molecule has 1 aromatic rings. The van der Waals surface area contributed by atoms with Crippen LogP contribution in [0, 0.1) is 0 Å². The molecule has 0 aliphatic heterocycles. The lowest BCUT2D eigenvalue weighted by molar-refractivity contribution is -0.141. The van der Waals surface area contributed by atoms with Crippen LogP contribution in [0.3, 0.4) is 0 Å². The molecule has 5 nitrogen and oxygen atoms in total. The van der Waals surface area contributed by atoms with Crippen LogP contribution in [0.1, 0.15) is 40.0 Å². The lowest BCUT2D eigenvalue weighted by Crippen LogP contribution is -2.22. The van der Waals surface area contributed by atoms with Gasteiger partial charge in [-0.05, 0) is 38.8 Å². The molecule has 0 aliphatic rings. The summed E-state index contributed by atoms with van der Waals surface area (Å²) in [5, 5.41) is 3.02. The van der Waals surface area contributed by atoms with Gasteiger partial charge in [0, 0.05) is 5.69 Å². The average Bonchev–Trinajstić information content (AvgIpc) is 2.55. The smallest absolute Gasteiger partial charge is 0.355 e. The Morgan fingerprint density at radius 3 is 2.13 bits per heavy atom. The molecule has 23 heavy (non-hydrogen) atoms. The van der Waals surface area contributed by atoms with Crippen molar-refractivity contribution in [1.82, 2.24) is 0 Å². The van der Waals surface area contributed by atoms with E-state index in [1.165, 1.54) is 0 Å². The summed E-state index contributed by atoms with van der Waals surface area (Å²) in [5.41, 5.74) is 1.20. The van der Waals surface area contributed by atoms with Crippen LogP contribution in [0.15, 0.2) is 41.6 Å². The zero-order valence-electron chi connectivity index (χ0n) is 14.1. The summed E-state index contributed by atoms with van der Waals surface area (Å²) in [5.74, 6) is -1.03. The third-order valence-electron chi connectivity index (χ3n) is 3.13. The van der Waals surface area contributed by atoms with Crippen molar-refractivity contribution in [3.8, 4) is 0 Å². The molecule has 0 unspecified atom stereocenters. The van der Waals surface area contributed by atoms with Gasteiger partial charge >= 0.3 is 11.9 Å². The fourth-order valence-corrected chi connectivity index (χ4v) is 2.02. The van der Waals surface area contributed by atoms with Gasteiger partial charge in [-0.3, -0.25) is 0 Å². The van der Waals surface area contributed by atoms with Gasteiger partial charge in [-0.1, -0.05) is 31.5 Å². The highest BCUT2D eigenvalue weighted by molar-refractivity contribution is 6.02. The molecule has 0 radical (unpaired) electrons. The highest BCUT2D eigenvalue weighted by atomic mass is 16.5. The van der Waals surface area contributed by atoms with E-state index in [2.05, 4.69) is 5.32 Å². The highest BCUT2D eigenvalue weighted by Crippen LogP contribution is 2.19. The molecule has 0 aliphatic carbocycles. The lowest BCUT2D eigenvalue weighted by Gasteiger charge is -2.15. The fourth-order valence-electron chi connectivity index (χ4n) is 2.02. The van der Waals surface area contributed by atoms with Crippen molar-refractivity contribution in [3.63, 3.8) is 0 Å². The Labute approximate surface area is 137 Å². The number of benzene rings is 1. The predicted octanol–water partition coefficient (Wildman–Crippen LogP) is 3.67. The number of carbonyl (C=O) groups is 2. The number of nitrogens with one attached hydrogen (secondary N) is 1. The van der Waals surface area contributed by atoms with E-state index in [-0.39, 0.29) is 18.9 Å². The summed E-state index contributed by atoms with van der Waals surface area (Å²) in [4.78, 5) is 24.6. The van der Waals surface area contributed by atoms with Gasteiger partial charge in [-0.25, -0.2) is 9.59 Å².